The van der Waals surface area contributed by atoms with Gasteiger partial charge >= 0.3 is 0 Å². The van der Waals surface area contributed by atoms with Crippen molar-refractivity contribution in [3.05, 3.63) is 186 Å². The fourth-order valence-electron chi connectivity index (χ4n) is 9.14. The molecule has 0 spiro atoms. The molecule has 2 aliphatic rings. The van der Waals surface area contributed by atoms with Crippen molar-refractivity contribution in [2.45, 2.75) is 13.8 Å². The van der Waals surface area contributed by atoms with Crippen LogP contribution in [0.4, 0.5) is 0 Å². The molecule has 244 valence electrons. The van der Waals surface area contributed by atoms with Gasteiger partial charge in [-0.3, -0.25) is 0 Å². The molecule has 0 amide bonds. The van der Waals surface area contributed by atoms with Gasteiger partial charge in [-0.1, -0.05) is 129 Å². The maximum Gasteiger partial charge on any atom is 0.0541 e. The summed E-state index contributed by atoms with van der Waals surface area (Å²) in [7, 11) is 0. The number of allylic oxidation sites excluding steroid dienone is 4. The molecule has 1 heterocycles. The maximum atomic E-state index is 2.47. The van der Waals surface area contributed by atoms with E-state index in [4.69, 9.17) is 0 Å². The second kappa shape index (κ2) is 10.8. The SMILES string of the molecule is CC1(C)C=CC=C2C=c3cc4c5ccccc5c5cc(-c6cccc(-c7ccc8c(c7)c7ccccc7n8-c7ccccc7)c6)ccc5c4cc3=C21. The molecule has 1 heteroatoms. The van der Waals surface area contributed by atoms with Crippen LogP contribution in [0.3, 0.4) is 0 Å². The van der Waals surface area contributed by atoms with Gasteiger partial charge in [0.1, 0.15) is 0 Å². The van der Waals surface area contributed by atoms with Crippen molar-refractivity contribution in [1.82, 2.24) is 4.57 Å². The van der Waals surface area contributed by atoms with E-state index in [0.29, 0.717) is 0 Å². The summed E-state index contributed by atoms with van der Waals surface area (Å²) in [6.07, 6.45) is 9.19. The van der Waals surface area contributed by atoms with Crippen molar-refractivity contribution in [2.75, 3.05) is 0 Å². The zero-order valence-electron chi connectivity index (χ0n) is 29.2. The summed E-state index contributed by atoms with van der Waals surface area (Å²) < 4.78 is 2.38. The standard InChI is InChI=1S/C51H35N/c1-51(2)25-11-14-36-27-37-30-45-40-18-7-6-17-39(40)44-28-34(21-23-41(44)46(45)31-43(37)50(36)51)32-12-10-13-33(26-32)35-22-24-49-47(29-35)42-19-8-9-20-48(42)52(49)38-15-4-3-5-16-38/h3-31H,1-2H3. The second-order valence-electron chi connectivity index (χ2n) is 15.0. The Hall–Kier alpha value is -6.44. The van der Waals surface area contributed by atoms with E-state index < -0.39 is 0 Å². The van der Waals surface area contributed by atoms with Crippen molar-refractivity contribution in [3.8, 4) is 27.9 Å². The molecular weight excluding hydrogens is 627 g/mol. The monoisotopic (exact) mass is 661 g/mol. The Labute approximate surface area is 302 Å². The van der Waals surface area contributed by atoms with Crippen LogP contribution in [0, 0.1) is 5.41 Å². The van der Waals surface area contributed by atoms with Crippen molar-refractivity contribution in [2.24, 2.45) is 5.41 Å². The van der Waals surface area contributed by atoms with E-state index in [1.807, 2.05) is 0 Å². The minimum Gasteiger partial charge on any atom is -0.309 e. The zero-order chi connectivity index (χ0) is 34.6. The van der Waals surface area contributed by atoms with Crippen molar-refractivity contribution >= 4 is 65.8 Å². The molecule has 0 aliphatic heterocycles. The maximum absolute atomic E-state index is 2.47. The molecule has 0 radical (unpaired) electrons. The van der Waals surface area contributed by atoms with E-state index >= 15 is 0 Å². The van der Waals surface area contributed by atoms with Gasteiger partial charge < -0.3 is 4.57 Å². The van der Waals surface area contributed by atoms with Crippen molar-refractivity contribution < 1.29 is 0 Å². The van der Waals surface area contributed by atoms with Gasteiger partial charge in [0.15, 0.2) is 0 Å². The fourth-order valence-corrected chi connectivity index (χ4v) is 9.14. The molecule has 0 saturated heterocycles. The predicted octanol–water partition coefficient (Wildman–Crippen LogP) is 12.0. The minimum atomic E-state index is -0.00611. The molecule has 0 saturated carbocycles. The third kappa shape index (κ3) is 4.23. The van der Waals surface area contributed by atoms with Crippen molar-refractivity contribution in [3.63, 3.8) is 0 Å². The zero-order valence-corrected chi connectivity index (χ0v) is 29.2. The number of fused-ring (bicyclic) bond motifs is 11. The third-order valence-electron chi connectivity index (χ3n) is 11.5. The van der Waals surface area contributed by atoms with Crippen LogP contribution in [-0.4, -0.2) is 4.57 Å². The lowest BCUT2D eigenvalue weighted by molar-refractivity contribution is 0.644. The van der Waals surface area contributed by atoms with E-state index in [9.17, 15) is 0 Å². The molecule has 1 aromatic heterocycles. The van der Waals surface area contributed by atoms with Crippen LogP contribution in [0.2, 0.25) is 0 Å². The van der Waals surface area contributed by atoms with Gasteiger partial charge in [0.05, 0.1) is 11.0 Å². The largest absolute Gasteiger partial charge is 0.309 e. The highest BCUT2D eigenvalue weighted by molar-refractivity contribution is 6.26. The number of rotatable bonds is 3. The molecule has 0 fully saturated rings. The predicted molar refractivity (Wildman–Crippen MR) is 222 cm³/mol. The molecule has 0 N–H and O–H groups in total. The molecule has 8 aromatic carbocycles. The van der Waals surface area contributed by atoms with Crippen LogP contribution in [0.5, 0.6) is 0 Å². The highest BCUT2D eigenvalue weighted by atomic mass is 15.0. The molecule has 11 rings (SSSR count). The summed E-state index contributed by atoms with van der Waals surface area (Å²) >= 11 is 0. The lowest BCUT2D eigenvalue weighted by Gasteiger charge is -2.26. The van der Waals surface area contributed by atoms with Gasteiger partial charge in [0.2, 0.25) is 0 Å². The van der Waals surface area contributed by atoms with Crippen LogP contribution in [0.25, 0.3) is 93.7 Å². The van der Waals surface area contributed by atoms with E-state index in [1.54, 1.807) is 0 Å². The number of benzene rings is 8. The van der Waals surface area contributed by atoms with E-state index in [-0.39, 0.29) is 5.41 Å². The lowest BCUT2D eigenvalue weighted by Crippen LogP contribution is -2.27. The summed E-state index contributed by atoms with van der Waals surface area (Å²) in [5, 5.41) is 13.1. The average Bonchev–Trinajstić information content (AvgIpc) is 3.73. The van der Waals surface area contributed by atoms with Gasteiger partial charge in [0, 0.05) is 21.9 Å². The quantitative estimate of drug-likeness (QED) is 0.166. The molecular formula is C51H35N. The summed E-state index contributed by atoms with van der Waals surface area (Å²) in [4.78, 5) is 0. The van der Waals surface area contributed by atoms with Crippen LogP contribution in [-0.2, 0) is 0 Å². The lowest BCUT2D eigenvalue weighted by atomic mass is 9.77. The number of aromatic nitrogens is 1. The molecule has 2 aliphatic carbocycles. The van der Waals surface area contributed by atoms with E-state index in [1.165, 1.54) is 104 Å². The van der Waals surface area contributed by atoms with Gasteiger partial charge in [-0.15, -0.1) is 0 Å². The first-order chi connectivity index (χ1) is 25.5. The third-order valence-corrected chi connectivity index (χ3v) is 11.5. The minimum absolute atomic E-state index is 0.00611. The number of hydrogen-bond donors (Lipinski definition) is 0. The van der Waals surface area contributed by atoms with Gasteiger partial charge in [-0.25, -0.2) is 0 Å². The summed E-state index contributed by atoms with van der Waals surface area (Å²) in [6, 6.07) is 56.3. The Morgan fingerprint density at radius 3 is 1.83 bits per heavy atom. The molecule has 52 heavy (non-hydrogen) atoms. The van der Waals surface area contributed by atoms with Crippen LogP contribution in [0.15, 0.2) is 175 Å². The molecule has 0 atom stereocenters. The fraction of sp³-hybridized carbons (Fsp3) is 0.0588. The van der Waals surface area contributed by atoms with Crippen molar-refractivity contribution in [1.29, 1.82) is 0 Å². The Morgan fingerprint density at radius 1 is 0.442 bits per heavy atom. The Bertz CT molecular complexity index is 3190. The van der Waals surface area contributed by atoms with Gasteiger partial charge in [-0.05, 0) is 137 Å². The van der Waals surface area contributed by atoms with E-state index in [0.717, 1.165) is 0 Å². The van der Waals surface area contributed by atoms with Gasteiger partial charge in [-0.2, -0.15) is 0 Å². The summed E-state index contributed by atoms with van der Waals surface area (Å²) in [5.74, 6) is 0. The molecule has 9 aromatic rings. The van der Waals surface area contributed by atoms with Crippen LogP contribution in [0.1, 0.15) is 13.8 Å². The Kier molecular flexibility index (Phi) is 6.08. The highest BCUT2D eigenvalue weighted by Crippen LogP contribution is 2.41. The summed E-state index contributed by atoms with van der Waals surface area (Å²) in [5.41, 5.74) is 11.3. The topological polar surface area (TPSA) is 4.93 Å². The van der Waals surface area contributed by atoms with Crippen LogP contribution >= 0.6 is 0 Å². The Morgan fingerprint density at radius 2 is 1.04 bits per heavy atom. The first-order valence-electron chi connectivity index (χ1n) is 18.3. The normalized spacial score (nSPS) is 14.7. The number of hydrogen-bond acceptors (Lipinski definition) is 0. The first-order valence-corrected chi connectivity index (χ1v) is 18.3. The molecule has 0 unspecified atom stereocenters. The Balaban J connectivity index is 1.08. The summed E-state index contributed by atoms with van der Waals surface area (Å²) in [6.45, 7) is 4.66. The average molecular weight is 662 g/mol. The first kappa shape index (κ1) is 29.3. The van der Waals surface area contributed by atoms with E-state index in [2.05, 4.69) is 194 Å². The number of para-hydroxylation sites is 2. The highest BCUT2D eigenvalue weighted by Gasteiger charge is 2.28. The molecule has 1 nitrogen and oxygen atoms in total. The van der Waals surface area contributed by atoms with Crippen LogP contribution < -0.4 is 10.4 Å². The smallest absolute Gasteiger partial charge is 0.0541 e. The number of nitrogens with zero attached hydrogens (tertiary/aromatic N) is 1. The second-order valence-corrected chi connectivity index (χ2v) is 15.0. The van der Waals surface area contributed by atoms with Gasteiger partial charge in [0.25, 0.3) is 0 Å². The molecule has 0 bridgehead atoms.